The normalized spacial score (nSPS) is 10.8. The van der Waals surface area contributed by atoms with Crippen LogP contribution in [0, 0.1) is 0 Å². The van der Waals surface area contributed by atoms with Crippen molar-refractivity contribution in [1.82, 2.24) is 5.32 Å². The first kappa shape index (κ1) is 9.84. The SMILES string of the molecule is COC(CNCCN)OC. The Balaban J connectivity index is 3.09. The first-order chi connectivity index (χ1) is 4.85. The van der Waals surface area contributed by atoms with Crippen molar-refractivity contribution in [3.63, 3.8) is 0 Å². The molecular formula is C6H16N2O2. The fourth-order valence-electron chi connectivity index (χ4n) is 0.585. The summed E-state index contributed by atoms with van der Waals surface area (Å²) in [5, 5.41) is 3.06. The van der Waals surface area contributed by atoms with Gasteiger partial charge >= 0.3 is 0 Å². The van der Waals surface area contributed by atoms with Crippen molar-refractivity contribution < 1.29 is 9.47 Å². The molecule has 4 nitrogen and oxygen atoms in total. The molecule has 0 heterocycles. The van der Waals surface area contributed by atoms with Gasteiger partial charge in [0, 0.05) is 33.9 Å². The first-order valence-electron chi connectivity index (χ1n) is 3.31. The topological polar surface area (TPSA) is 56.5 Å². The van der Waals surface area contributed by atoms with Crippen molar-refractivity contribution in [3.05, 3.63) is 0 Å². The third-order valence-corrected chi connectivity index (χ3v) is 1.16. The van der Waals surface area contributed by atoms with Crippen LogP contribution < -0.4 is 11.1 Å². The van der Waals surface area contributed by atoms with Gasteiger partial charge in [-0.2, -0.15) is 0 Å². The zero-order chi connectivity index (χ0) is 7.82. The van der Waals surface area contributed by atoms with E-state index in [2.05, 4.69) is 5.32 Å². The molecule has 0 amide bonds. The van der Waals surface area contributed by atoms with E-state index in [1.165, 1.54) is 0 Å². The predicted octanol–water partition coefficient (Wildman–Crippen LogP) is -0.846. The minimum Gasteiger partial charge on any atom is -0.355 e. The number of hydrogen-bond donors (Lipinski definition) is 2. The zero-order valence-corrected chi connectivity index (χ0v) is 6.59. The van der Waals surface area contributed by atoms with E-state index < -0.39 is 0 Å². The van der Waals surface area contributed by atoms with E-state index in [1.54, 1.807) is 14.2 Å². The van der Waals surface area contributed by atoms with E-state index in [4.69, 9.17) is 15.2 Å². The van der Waals surface area contributed by atoms with E-state index in [0.29, 0.717) is 13.1 Å². The molecule has 0 bridgehead atoms. The maximum Gasteiger partial charge on any atom is 0.169 e. The molecule has 0 aromatic heterocycles. The lowest BCUT2D eigenvalue weighted by Gasteiger charge is -2.13. The molecule has 0 aliphatic carbocycles. The number of nitrogens with one attached hydrogen (secondary N) is 1. The molecule has 0 spiro atoms. The molecule has 0 atom stereocenters. The highest BCUT2D eigenvalue weighted by atomic mass is 16.7. The number of rotatable bonds is 6. The molecule has 0 radical (unpaired) electrons. The molecule has 0 saturated carbocycles. The van der Waals surface area contributed by atoms with E-state index in [1.807, 2.05) is 0 Å². The highest BCUT2D eigenvalue weighted by Gasteiger charge is 2.01. The van der Waals surface area contributed by atoms with Gasteiger partial charge in [-0.25, -0.2) is 0 Å². The van der Waals surface area contributed by atoms with Crippen molar-refractivity contribution in [3.8, 4) is 0 Å². The minimum atomic E-state index is -0.161. The molecular weight excluding hydrogens is 132 g/mol. The highest BCUT2D eigenvalue weighted by Crippen LogP contribution is 1.85. The van der Waals surface area contributed by atoms with Gasteiger partial charge in [0.05, 0.1) is 0 Å². The summed E-state index contributed by atoms with van der Waals surface area (Å²) in [6.45, 7) is 2.12. The van der Waals surface area contributed by atoms with Crippen LogP contribution in [0.5, 0.6) is 0 Å². The lowest BCUT2D eigenvalue weighted by atomic mass is 10.5. The minimum absolute atomic E-state index is 0.161. The second-order valence-corrected chi connectivity index (χ2v) is 1.89. The summed E-state index contributed by atoms with van der Waals surface area (Å²) in [7, 11) is 3.22. The molecule has 0 aliphatic heterocycles. The third-order valence-electron chi connectivity index (χ3n) is 1.16. The van der Waals surface area contributed by atoms with Crippen LogP contribution in [-0.2, 0) is 9.47 Å². The van der Waals surface area contributed by atoms with Gasteiger partial charge in [0.1, 0.15) is 0 Å². The molecule has 62 valence electrons. The van der Waals surface area contributed by atoms with Crippen molar-refractivity contribution in [2.75, 3.05) is 33.9 Å². The number of methoxy groups -OCH3 is 2. The van der Waals surface area contributed by atoms with Crippen LogP contribution in [0.25, 0.3) is 0 Å². The third kappa shape index (κ3) is 4.69. The largest absolute Gasteiger partial charge is 0.355 e. The van der Waals surface area contributed by atoms with Crippen LogP contribution in [-0.4, -0.2) is 40.1 Å². The van der Waals surface area contributed by atoms with Gasteiger partial charge in [-0.3, -0.25) is 0 Å². The van der Waals surface area contributed by atoms with Crippen LogP contribution in [0.2, 0.25) is 0 Å². The van der Waals surface area contributed by atoms with Crippen molar-refractivity contribution in [2.24, 2.45) is 5.73 Å². The molecule has 0 aromatic carbocycles. The first-order valence-corrected chi connectivity index (χ1v) is 3.31. The average Bonchev–Trinajstić information content (AvgIpc) is 1.99. The summed E-state index contributed by atoms with van der Waals surface area (Å²) < 4.78 is 9.84. The monoisotopic (exact) mass is 148 g/mol. The van der Waals surface area contributed by atoms with Gasteiger partial charge < -0.3 is 20.5 Å². The summed E-state index contributed by atoms with van der Waals surface area (Å²) >= 11 is 0. The summed E-state index contributed by atoms with van der Waals surface area (Å²) in [5.74, 6) is 0. The second kappa shape index (κ2) is 6.95. The predicted molar refractivity (Wildman–Crippen MR) is 39.7 cm³/mol. The van der Waals surface area contributed by atoms with E-state index in [0.717, 1.165) is 6.54 Å². The average molecular weight is 148 g/mol. The highest BCUT2D eigenvalue weighted by molar-refractivity contribution is 4.49. The van der Waals surface area contributed by atoms with Crippen LogP contribution in [0.1, 0.15) is 0 Å². The lowest BCUT2D eigenvalue weighted by Crippen LogP contribution is -2.32. The maximum atomic E-state index is 5.25. The fraction of sp³-hybridized carbons (Fsp3) is 1.00. The Bertz CT molecular complexity index is 66.8. The lowest BCUT2D eigenvalue weighted by molar-refractivity contribution is -0.0985. The standard InChI is InChI=1S/C6H16N2O2/c1-9-6(10-2)5-8-4-3-7/h6,8H,3-5,7H2,1-2H3. The summed E-state index contributed by atoms with van der Waals surface area (Å²) in [6.07, 6.45) is -0.161. The van der Waals surface area contributed by atoms with E-state index >= 15 is 0 Å². The Hall–Kier alpha value is -0.160. The van der Waals surface area contributed by atoms with Crippen molar-refractivity contribution in [2.45, 2.75) is 6.29 Å². The molecule has 4 heteroatoms. The quantitative estimate of drug-likeness (QED) is 0.381. The molecule has 0 saturated heterocycles. The molecule has 0 unspecified atom stereocenters. The van der Waals surface area contributed by atoms with Crippen molar-refractivity contribution >= 4 is 0 Å². The Morgan fingerprint density at radius 3 is 2.40 bits per heavy atom. The maximum absolute atomic E-state index is 5.25. The van der Waals surface area contributed by atoms with Crippen LogP contribution in [0.3, 0.4) is 0 Å². The van der Waals surface area contributed by atoms with Gasteiger partial charge in [0.2, 0.25) is 0 Å². The molecule has 3 N–H and O–H groups in total. The van der Waals surface area contributed by atoms with E-state index in [-0.39, 0.29) is 6.29 Å². The second-order valence-electron chi connectivity index (χ2n) is 1.89. The van der Waals surface area contributed by atoms with Gasteiger partial charge in [0.25, 0.3) is 0 Å². The molecule has 0 fully saturated rings. The molecule has 10 heavy (non-hydrogen) atoms. The van der Waals surface area contributed by atoms with Gasteiger partial charge in [0.15, 0.2) is 6.29 Å². The van der Waals surface area contributed by atoms with Gasteiger partial charge in [-0.15, -0.1) is 0 Å². The summed E-state index contributed by atoms with van der Waals surface area (Å²) in [6, 6.07) is 0. The Kier molecular flexibility index (Phi) is 6.84. The fourth-order valence-corrected chi connectivity index (χ4v) is 0.585. The van der Waals surface area contributed by atoms with Crippen LogP contribution in [0.4, 0.5) is 0 Å². The summed E-state index contributed by atoms with van der Waals surface area (Å²) in [5.41, 5.74) is 5.25. The Labute approximate surface area is 61.7 Å². The van der Waals surface area contributed by atoms with E-state index in [9.17, 15) is 0 Å². The Morgan fingerprint density at radius 2 is 2.00 bits per heavy atom. The zero-order valence-electron chi connectivity index (χ0n) is 6.59. The Morgan fingerprint density at radius 1 is 1.40 bits per heavy atom. The van der Waals surface area contributed by atoms with Crippen molar-refractivity contribution in [1.29, 1.82) is 0 Å². The summed E-state index contributed by atoms with van der Waals surface area (Å²) in [4.78, 5) is 0. The number of hydrogen-bond acceptors (Lipinski definition) is 4. The smallest absolute Gasteiger partial charge is 0.169 e. The molecule has 0 aromatic rings. The molecule has 0 aliphatic rings. The van der Waals surface area contributed by atoms with Gasteiger partial charge in [-0.05, 0) is 0 Å². The van der Waals surface area contributed by atoms with Crippen LogP contribution >= 0.6 is 0 Å². The number of nitrogens with two attached hydrogens (primary N) is 1. The number of ether oxygens (including phenoxy) is 2. The molecule has 0 rings (SSSR count). The van der Waals surface area contributed by atoms with Gasteiger partial charge in [-0.1, -0.05) is 0 Å². The van der Waals surface area contributed by atoms with Crippen LogP contribution in [0.15, 0.2) is 0 Å².